The van der Waals surface area contributed by atoms with Crippen LogP contribution in [0.15, 0.2) is 77.6 Å². The van der Waals surface area contributed by atoms with Crippen molar-refractivity contribution in [1.29, 1.82) is 0 Å². The number of aromatic nitrogens is 2. The van der Waals surface area contributed by atoms with E-state index >= 15 is 0 Å². The Hall–Kier alpha value is -4.20. The molecule has 0 bridgehead atoms. The highest BCUT2D eigenvalue weighted by molar-refractivity contribution is 5.88. The molecular weight excluding hydrogens is 421 g/mol. The quantitative estimate of drug-likeness (QED) is 0.473. The summed E-state index contributed by atoms with van der Waals surface area (Å²) in [6.45, 7) is 0. The van der Waals surface area contributed by atoms with Gasteiger partial charge in [0.1, 0.15) is 5.82 Å². The van der Waals surface area contributed by atoms with E-state index in [9.17, 15) is 22.8 Å². The number of alkyl halides is 3. The highest BCUT2D eigenvalue weighted by Crippen LogP contribution is 2.29. The third-order valence-electron chi connectivity index (χ3n) is 4.84. The summed E-state index contributed by atoms with van der Waals surface area (Å²) in [5.74, 6) is -0.848. The topological polar surface area (TPSA) is 72.2 Å². The average Bonchev–Trinajstić information content (AvgIpc) is 2.77. The summed E-state index contributed by atoms with van der Waals surface area (Å²) in [5, 5.41) is 9.49. The maximum Gasteiger partial charge on any atom is 0.416 e. The number of hydrogen-bond acceptors (Lipinski definition) is 3. The third kappa shape index (κ3) is 4.15. The molecule has 0 spiro atoms. The molecule has 0 radical (unpaired) electrons. The first kappa shape index (κ1) is 21.0. The number of carboxylic acid groups (broad SMARTS) is 1. The molecule has 0 aliphatic carbocycles. The Morgan fingerprint density at radius 3 is 2.19 bits per heavy atom. The van der Waals surface area contributed by atoms with Gasteiger partial charge in [-0.15, -0.1) is 0 Å². The number of rotatable bonds is 4. The Morgan fingerprint density at radius 2 is 1.56 bits per heavy atom. The largest absolute Gasteiger partial charge is 0.478 e. The molecule has 0 saturated heterocycles. The minimum absolute atomic E-state index is 0.0670. The Morgan fingerprint density at radius 1 is 0.906 bits per heavy atom. The summed E-state index contributed by atoms with van der Waals surface area (Å²) < 4.78 is 39.7. The number of carbonyl (C=O) groups is 1. The van der Waals surface area contributed by atoms with Crippen LogP contribution < -0.4 is 5.56 Å². The lowest BCUT2D eigenvalue weighted by Gasteiger charge is -2.12. The van der Waals surface area contributed by atoms with Gasteiger partial charge in [-0.2, -0.15) is 13.2 Å². The van der Waals surface area contributed by atoms with Crippen molar-refractivity contribution in [2.75, 3.05) is 0 Å². The highest BCUT2D eigenvalue weighted by Gasteiger charge is 2.29. The van der Waals surface area contributed by atoms with Gasteiger partial charge in [-0.3, -0.25) is 9.36 Å². The van der Waals surface area contributed by atoms with Crippen molar-refractivity contribution in [3.05, 3.63) is 106 Å². The molecule has 4 rings (SSSR count). The van der Waals surface area contributed by atoms with Crippen molar-refractivity contribution in [1.82, 2.24) is 9.55 Å². The molecule has 0 fully saturated rings. The lowest BCUT2D eigenvalue weighted by atomic mass is 10.1. The Labute approximate surface area is 179 Å². The van der Waals surface area contributed by atoms with E-state index in [0.29, 0.717) is 22.2 Å². The van der Waals surface area contributed by atoms with E-state index in [2.05, 4.69) is 4.98 Å². The fourth-order valence-corrected chi connectivity index (χ4v) is 3.22. The number of nitrogens with zero attached hydrogens (tertiary/aromatic N) is 2. The molecule has 0 aliphatic rings. The number of fused-ring (bicyclic) bond motifs is 1. The van der Waals surface area contributed by atoms with Crippen molar-refractivity contribution in [2.45, 2.75) is 6.18 Å². The second-order valence-electron chi connectivity index (χ2n) is 6.93. The molecule has 1 N–H and O–H groups in total. The van der Waals surface area contributed by atoms with Crippen LogP contribution in [0, 0.1) is 0 Å². The predicted molar refractivity (Wildman–Crippen MR) is 115 cm³/mol. The molecule has 1 heterocycles. The van der Waals surface area contributed by atoms with Crippen LogP contribution in [0.1, 0.15) is 27.3 Å². The lowest BCUT2D eigenvalue weighted by Crippen LogP contribution is -2.22. The van der Waals surface area contributed by atoms with Crippen LogP contribution in [0.2, 0.25) is 0 Å². The molecule has 160 valence electrons. The summed E-state index contributed by atoms with van der Waals surface area (Å²) >= 11 is 0. The Balaban J connectivity index is 1.82. The number of para-hydroxylation sites is 1. The first-order chi connectivity index (χ1) is 15.2. The molecule has 4 aromatic rings. The van der Waals surface area contributed by atoms with Gasteiger partial charge in [0, 0.05) is 0 Å². The van der Waals surface area contributed by atoms with Gasteiger partial charge in [-0.05, 0) is 60.2 Å². The van der Waals surface area contributed by atoms with Crippen LogP contribution in [0.5, 0.6) is 0 Å². The van der Waals surface area contributed by atoms with E-state index in [1.165, 1.54) is 47.0 Å². The second-order valence-corrected chi connectivity index (χ2v) is 6.93. The minimum Gasteiger partial charge on any atom is -0.478 e. The van der Waals surface area contributed by atoms with E-state index in [0.717, 1.165) is 12.1 Å². The van der Waals surface area contributed by atoms with Crippen molar-refractivity contribution in [3.8, 4) is 5.69 Å². The first-order valence-electron chi connectivity index (χ1n) is 9.45. The van der Waals surface area contributed by atoms with E-state index in [1.54, 1.807) is 30.3 Å². The fourth-order valence-electron chi connectivity index (χ4n) is 3.22. The summed E-state index contributed by atoms with van der Waals surface area (Å²) in [6, 6.07) is 17.1. The summed E-state index contributed by atoms with van der Waals surface area (Å²) in [4.78, 5) is 28.8. The van der Waals surface area contributed by atoms with Crippen LogP contribution in [-0.4, -0.2) is 20.6 Å². The number of halogens is 3. The van der Waals surface area contributed by atoms with E-state index in [-0.39, 0.29) is 16.9 Å². The van der Waals surface area contributed by atoms with E-state index in [1.807, 2.05) is 0 Å². The van der Waals surface area contributed by atoms with Gasteiger partial charge in [-0.1, -0.05) is 30.3 Å². The van der Waals surface area contributed by atoms with Crippen molar-refractivity contribution < 1.29 is 23.1 Å². The van der Waals surface area contributed by atoms with Gasteiger partial charge in [0.15, 0.2) is 0 Å². The second kappa shape index (κ2) is 8.14. The number of aromatic carboxylic acids is 1. The van der Waals surface area contributed by atoms with Crippen LogP contribution in [0.4, 0.5) is 13.2 Å². The Bertz CT molecular complexity index is 1390. The molecule has 32 heavy (non-hydrogen) atoms. The monoisotopic (exact) mass is 436 g/mol. The van der Waals surface area contributed by atoms with Crippen molar-refractivity contribution in [3.63, 3.8) is 0 Å². The van der Waals surface area contributed by atoms with Gasteiger partial charge in [0.25, 0.3) is 5.56 Å². The van der Waals surface area contributed by atoms with Gasteiger partial charge < -0.3 is 5.11 Å². The third-order valence-corrected chi connectivity index (χ3v) is 4.84. The molecule has 3 aromatic carbocycles. The Kier molecular flexibility index (Phi) is 5.36. The van der Waals surface area contributed by atoms with Gasteiger partial charge in [0.2, 0.25) is 0 Å². The molecule has 1 aromatic heterocycles. The average molecular weight is 436 g/mol. The van der Waals surface area contributed by atoms with Crippen LogP contribution >= 0.6 is 0 Å². The summed E-state index contributed by atoms with van der Waals surface area (Å²) in [6.07, 6.45) is -1.34. The van der Waals surface area contributed by atoms with E-state index in [4.69, 9.17) is 5.11 Å². The molecule has 0 atom stereocenters. The minimum atomic E-state index is -4.43. The van der Waals surface area contributed by atoms with Crippen molar-refractivity contribution in [2.24, 2.45) is 0 Å². The normalized spacial score (nSPS) is 11.8. The van der Waals surface area contributed by atoms with Crippen LogP contribution in [-0.2, 0) is 6.18 Å². The summed E-state index contributed by atoms with van der Waals surface area (Å²) in [7, 11) is 0. The molecule has 0 unspecified atom stereocenters. The number of carboxylic acids is 1. The van der Waals surface area contributed by atoms with E-state index < -0.39 is 17.7 Å². The highest BCUT2D eigenvalue weighted by atomic mass is 19.4. The van der Waals surface area contributed by atoms with Crippen LogP contribution in [0.3, 0.4) is 0 Å². The maximum atomic E-state index is 13.2. The summed E-state index contributed by atoms with van der Waals surface area (Å²) in [5.41, 5.74) is 0.318. The molecular formula is C24H15F3N2O3. The van der Waals surface area contributed by atoms with Gasteiger partial charge in [0.05, 0.1) is 27.7 Å². The van der Waals surface area contributed by atoms with Crippen LogP contribution in [0.25, 0.3) is 28.7 Å². The fraction of sp³-hybridized carbons (Fsp3) is 0.0417. The zero-order chi connectivity index (χ0) is 22.9. The molecule has 5 nitrogen and oxygen atoms in total. The molecule has 8 heteroatoms. The zero-order valence-corrected chi connectivity index (χ0v) is 16.4. The van der Waals surface area contributed by atoms with Gasteiger partial charge >= 0.3 is 12.1 Å². The first-order valence-corrected chi connectivity index (χ1v) is 9.45. The maximum absolute atomic E-state index is 13.2. The van der Waals surface area contributed by atoms with Crippen molar-refractivity contribution >= 4 is 29.0 Å². The number of hydrogen-bond donors (Lipinski definition) is 1. The van der Waals surface area contributed by atoms with Gasteiger partial charge in [-0.25, -0.2) is 9.78 Å². The SMILES string of the molecule is O=C(O)c1ccc(-n2c(/C=C/c3ccc(C(F)(F)F)cc3)nc3ccccc3c2=O)cc1. The smallest absolute Gasteiger partial charge is 0.416 e. The predicted octanol–water partition coefficient (Wildman–Crippen LogP) is 5.27. The molecule has 0 amide bonds. The molecule has 0 aliphatic heterocycles. The number of benzene rings is 3. The lowest BCUT2D eigenvalue weighted by molar-refractivity contribution is -0.137. The molecule has 0 saturated carbocycles. The zero-order valence-electron chi connectivity index (χ0n) is 16.4. The standard InChI is InChI=1S/C24H15F3N2O3/c25-24(26,27)17-10-5-15(6-11-17)7-14-21-28-20-4-2-1-3-19(20)22(30)29(21)18-12-8-16(9-13-18)23(31)32/h1-14H,(H,31,32)/b14-7+.